The van der Waals surface area contributed by atoms with Crippen molar-refractivity contribution in [2.24, 2.45) is 0 Å². The van der Waals surface area contributed by atoms with Crippen molar-refractivity contribution in [2.45, 2.75) is 17.6 Å². The summed E-state index contributed by atoms with van der Waals surface area (Å²) in [4.78, 5) is 12.4. The quantitative estimate of drug-likeness (QED) is 0.520. The van der Waals surface area contributed by atoms with Gasteiger partial charge in [0.05, 0.1) is 24.3 Å². The first-order valence-electron chi connectivity index (χ1n) is 6.03. The van der Waals surface area contributed by atoms with E-state index in [1.165, 1.54) is 30.2 Å². The zero-order chi connectivity index (χ0) is 14.5. The molecule has 1 aromatic carbocycles. The number of halogens is 1. The molecule has 0 amide bonds. The molecule has 0 aliphatic heterocycles. The van der Waals surface area contributed by atoms with Crippen LogP contribution >= 0.6 is 11.8 Å². The molecule has 1 heterocycles. The van der Waals surface area contributed by atoms with Crippen molar-refractivity contribution in [3.8, 4) is 0 Å². The number of carbonyl (C=O) groups is 1. The molecule has 0 aliphatic rings. The van der Waals surface area contributed by atoms with E-state index in [4.69, 9.17) is 14.9 Å². The minimum absolute atomic E-state index is 0.111. The fraction of sp³-hybridized carbons (Fsp3) is 0.214. The topological polar surface area (TPSA) is 65.5 Å². The highest BCUT2D eigenvalue weighted by Crippen LogP contribution is 2.27. The molecular weight excluding hydrogens is 281 g/mol. The Morgan fingerprint density at radius 3 is 2.95 bits per heavy atom. The van der Waals surface area contributed by atoms with Crippen LogP contribution in [0.3, 0.4) is 0 Å². The van der Waals surface area contributed by atoms with E-state index in [-0.39, 0.29) is 5.69 Å². The van der Waals surface area contributed by atoms with Crippen LogP contribution in [0, 0.1) is 5.82 Å². The lowest BCUT2D eigenvalue weighted by Gasteiger charge is -2.04. The standard InChI is InChI=1S/C14H14FNO3S/c1-2-18-14(17)10-5-6-19-13(10)8-20-9-3-4-12(16)11(15)7-9/h3-7H,2,8,16H2,1H3. The zero-order valence-electron chi connectivity index (χ0n) is 10.9. The number of hydrogen-bond acceptors (Lipinski definition) is 5. The number of anilines is 1. The van der Waals surface area contributed by atoms with E-state index in [1.54, 1.807) is 19.1 Å². The van der Waals surface area contributed by atoms with Crippen LogP contribution in [0.1, 0.15) is 23.0 Å². The maximum atomic E-state index is 13.3. The first kappa shape index (κ1) is 14.5. The number of esters is 1. The average Bonchev–Trinajstić information content (AvgIpc) is 2.89. The van der Waals surface area contributed by atoms with Crippen molar-refractivity contribution < 1.29 is 18.3 Å². The van der Waals surface area contributed by atoms with Gasteiger partial charge in [0.1, 0.15) is 17.1 Å². The average molecular weight is 295 g/mol. The van der Waals surface area contributed by atoms with Gasteiger partial charge in [0.2, 0.25) is 0 Å². The van der Waals surface area contributed by atoms with Gasteiger partial charge in [-0.05, 0) is 31.2 Å². The molecule has 2 N–H and O–H groups in total. The predicted molar refractivity (Wildman–Crippen MR) is 75.0 cm³/mol. The third-order valence-corrected chi connectivity index (χ3v) is 3.58. The van der Waals surface area contributed by atoms with Gasteiger partial charge in [0, 0.05) is 4.90 Å². The number of ether oxygens (including phenoxy) is 1. The van der Waals surface area contributed by atoms with Crippen LogP contribution < -0.4 is 5.73 Å². The largest absolute Gasteiger partial charge is 0.468 e. The highest BCUT2D eigenvalue weighted by molar-refractivity contribution is 7.98. The van der Waals surface area contributed by atoms with E-state index in [2.05, 4.69) is 0 Å². The zero-order valence-corrected chi connectivity index (χ0v) is 11.7. The van der Waals surface area contributed by atoms with Gasteiger partial charge < -0.3 is 14.9 Å². The van der Waals surface area contributed by atoms with Gasteiger partial charge in [-0.25, -0.2) is 9.18 Å². The van der Waals surface area contributed by atoms with Crippen LogP contribution in [0.25, 0.3) is 0 Å². The fourth-order valence-corrected chi connectivity index (χ4v) is 2.46. The Kier molecular flexibility index (Phi) is 4.68. The number of nitrogen functional groups attached to an aromatic ring is 1. The van der Waals surface area contributed by atoms with Gasteiger partial charge in [-0.2, -0.15) is 0 Å². The summed E-state index contributed by atoms with van der Waals surface area (Å²) in [5.74, 6) is 0.0379. The maximum Gasteiger partial charge on any atom is 0.341 e. The van der Waals surface area contributed by atoms with Crippen molar-refractivity contribution in [3.63, 3.8) is 0 Å². The molecule has 2 rings (SSSR count). The molecule has 0 atom stereocenters. The first-order chi connectivity index (χ1) is 9.61. The van der Waals surface area contributed by atoms with Crippen LogP contribution in [0.2, 0.25) is 0 Å². The summed E-state index contributed by atoms with van der Waals surface area (Å²) in [6.07, 6.45) is 1.44. The summed E-state index contributed by atoms with van der Waals surface area (Å²) < 4.78 is 23.5. The van der Waals surface area contributed by atoms with Crippen molar-refractivity contribution >= 4 is 23.4 Å². The second-order valence-electron chi connectivity index (χ2n) is 3.95. The van der Waals surface area contributed by atoms with Gasteiger partial charge in [0.15, 0.2) is 0 Å². The number of rotatable bonds is 5. The van der Waals surface area contributed by atoms with Gasteiger partial charge in [-0.15, -0.1) is 11.8 Å². The number of benzene rings is 1. The third kappa shape index (κ3) is 3.33. The smallest absolute Gasteiger partial charge is 0.341 e. The molecular formula is C14H14FNO3S. The van der Waals surface area contributed by atoms with Crippen LogP contribution in [0.15, 0.2) is 39.8 Å². The van der Waals surface area contributed by atoms with Crippen LogP contribution in [0.4, 0.5) is 10.1 Å². The maximum absolute atomic E-state index is 13.3. The normalized spacial score (nSPS) is 10.5. The molecule has 0 aliphatic carbocycles. The number of furan rings is 1. The highest BCUT2D eigenvalue weighted by Gasteiger charge is 2.15. The molecule has 6 heteroatoms. The van der Waals surface area contributed by atoms with Gasteiger partial charge >= 0.3 is 5.97 Å². The Balaban J connectivity index is 2.05. The number of thioether (sulfide) groups is 1. The van der Waals surface area contributed by atoms with Crippen molar-refractivity contribution in [3.05, 3.63) is 47.7 Å². The Morgan fingerprint density at radius 1 is 1.45 bits per heavy atom. The predicted octanol–water partition coefficient (Wildman–Crippen LogP) is 3.47. The summed E-state index contributed by atoms with van der Waals surface area (Å²) in [5, 5.41) is 0. The summed E-state index contributed by atoms with van der Waals surface area (Å²) in [5.41, 5.74) is 5.92. The van der Waals surface area contributed by atoms with E-state index >= 15 is 0 Å². The summed E-state index contributed by atoms with van der Waals surface area (Å²) >= 11 is 1.35. The third-order valence-electron chi connectivity index (χ3n) is 2.58. The van der Waals surface area contributed by atoms with E-state index in [1.807, 2.05) is 0 Å². The lowest BCUT2D eigenvalue weighted by atomic mass is 10.3. The van der Waals surface area contributed by atoms with Gasteiger partial charge in [0.25, 0.3) is 0 Å². The summed E-state index contributed by atoms with van der Waals surface area (Å²) in [6, 6.07) is 6.15. The molecule has 0 unspecified atom stereocenters. The summed E-state index contributed by atoms with van der Waals surface area (Å²) in [7, 11) is 0. The van der Waals surface area contributed by atoms with Crippen LogP contribution in [0.5, 0.6) is 0 Å². The fourth-order valence-electron chi connectivity index (χ4n) is 1.59. The van der Waals surface area contributed by atoms with Crippen molar-refractivity contribution in [1.82, 2.24) is 0 Å². The molecule has 2 aromatic rings. The highest BCUT2D eigenvalue weighted by atomic mass is 32.2. The Labute approximate surface area is 120 Å². The number of nitrogens with two attached hydrogens (primary N) is 1. The second-order valence-corrected chi connectivity index (χ2v) is 5.00. The Morgan fingerprint density at radius 2 is 2.25 bits per heavy atom. The molecule has 20 heavy (non-hydrogen) atoms. The molecule has 0 fully saturated rings. The molecule has 0 spiro atoms. The summed E-state index contributed by atoms with van der Waals surface area (Å²) in [6.45, 7) is 2.04. The van der Waals surface area contributed by atoms with E-state index < -0.39 is 11.8 Å². The molecule has 0 radical (unpaired) electrons. The molecule has 0 saturated heterocycles. The van der Waals surface area contributed by atoms with Gasteiger partial charge in [-0.3, -0.25) is 0 Å². The Bertz CT molecular complexity index is 612. The number of hydrogen-bond donors (Lipinski definition) is 1. The molecule has 106 valence electrons. The van der Waals surface area contributed by atoms with Crippen molar-refractivity contribution in [1.29, 1.82) is 0 Å². The second kappa shape index (κ2) is 6.47. The monoisotopic (exact) mass is 295 g/mol. The van der Waals surface area contributed by atoms with Gasteiger partial charge in [-0.1, -0.05) is 0 Å². The minimum Gasteiger partial charge on any atom is -0.468 e. The SMILES string of the molecule is CCOC(=O)c1ccoc1CSc1ccc(N)c(F)c1. The van der Waals surface area contributed by atoms with E-state index in [9.17, 15) is 9.18 Å². The lowest BCUT2D eigenvalue weighted by Crippen LogP contribution is -2.05. The van der Waals surface area contributed by atoms with Crippen LogP contribution in [-0.4, -0.2) is 12.6 Å². The Hall–Kier alpha value is -1.95. The minimum atomic E-state index is -0.458. The van der Waals surface area contributed by atoms with E-state index in [0.29, 0.717) is 28.6 Å². The number of carbonyl (C=O) groups excluding carboxylic acids is 1. The molecule has 1 aromatic heterocycles. The van der Waals surface area contributed by atoms with E-state index in [0.717, 1.165) is 0 Å². The van der Waals surface area contributed by atoms with Crippen molar-refractivity contribution in [2.75, 3.05) is 12.3 Å². The molecule has 4 nitrogen and oxygen atoms in total. The van der Waals surface area contributed by atoms with Crippen LogP contribution in [-0.2, 0) is 10.5 Å². The lowest BCUT2D eigenvalue weighted by molar-refractivity contribution is 0.0524. The molecule has 0 bridgehead atoms. The first-order valence-corrected chi connectivity index (χ1v) is 7.01. The molecule has 0 saturated carbocycles.